The van der Waals surface area contributed by atoms with Crippen LogP contribution in [-0.2, 0) is 19.1 Å². The monoisotopic (exact) mass is 445 g/mol. The highest BCUT2D eigenvalue weighted by molar-refractivity contribution is 5.83. The van der Waals surface area contributed by atoms with E-state index in [1.165, 1.54) is 6.08 Å². The maximum atomic E-state index is 12.9. The van der Waals surface area contributed by atoms with Crippen LogP contribution < -0.4 is 4.74 Å². The van der Waals surface area contributed by atoms with E-state index < -0.39 is 18.0 Å². The van der Waals surface area contributed by atoms with Crippen molar-refractivity contribution in [1.29, 1.82) is 5.26 Å². The molecule has 0 amide bonds. The zero-order valence-corrected chi connectivity index (χ0v) is 18.8. The van der Waals surface area contributed by atoms with Crippen molar-refractivity contribution in [3.8, 4) is 17.6 Å². The Morgan fingerprint density at radius 2 is 1.85 bits per heavy atom. The molecule has 6 heteroatoms. The summed E-state index contributed by atoms with van der Waals surface area (Å²) in [6.45, 7) is 4.35. The zero-order valence-electron chi connectivity index (χ0n) is 18.8. The van der Waals surface area contributed by atoms with Crippen LogP contribution in [-0.4, -0.2) is 18.5 Å². The van der Waals surface area contributed by atoms with Crippen molar-refractivity contribution in [2.75, 3.05) is 6.61 Å². The number of nitrogens with zero attached hydrogens (tertiary/aromatic N) is 1. The van der Waals surface area contributed by atoms with Crippen molar-refractivity contribution in [2.45, 2.75) is 32.8 Å². The summed E-state index contributed by atoms with van der Waals surface area (Å²) >= 11 is 0. The highest BCUT2D eigenvalue weighted by atomic mass is 16.5. The molecule has 2 saturated carbocycles. The first kappa shape index (κ1) is 22.6. The normalized spacial score (nSPS) is 21.6. The van der Waals surface area contributed by atoms with Gasteiger partial charge in [0.15, 0.2) is 0 Å². The lowest BCUT2D eigenvalue weighted by Crippen LogP contribution is -2.14. The SMILES string of the molecule is CC1(C)C(C=CC(=O)OCC2CC2)C1C(=O)O[C@H](C#N)c1cccc(Oc2ccccc2)c1. The van der Waals surface area contributed by atoms with Crippen molar-refractivity contribution in [1.82, 2.24) is 0 Å². The molecule has 0 N–H and O–H groups in total. The highest BCUT2D eigenvalue weighted by Gasteiger charge is 2.61. The van der Waals surface area contributed by atoms with Crippen LogP contribution in [0.1, 0.15) is 38.4 Å². The molecule has 33 heavy (non-hydrogen) atoms. The molecule has 0 spiro atoms. The molecular weight excluding hydrogens is 418 g/mol. The van der Waals surface area contributed by atoms with Crippen molar-refractivity contribution >= 4 is 11.9 Å². The second-order valence-corrected chi connectivity index (χ2v) is 9.19. The quantitative estimate of drug-likeness (QED) is 0.381. The number of benzene rings is 2. The Kier molecular flexibility index (Phi) is 6.50. The van der Waals surface area contributed by atoms with Crippen molar-refractivity contribution < 1.29 is 23.8 Å². The molecule has 2 unspecified atom stereocenters. The standard InChI is InChI=1S/C27H27NO5/c1-27(2)22(13-14-24(29)31-17-18-11-12-18)25(27)26(30)33-23(16-28)19-7-6-10-21(15-19)32-20-8-4-3-5-9-20/h3-10,13-15,18,22-23,25H,11-12,17H2,1-2H3/t22?,23-,25?/m1/s1. The van der Waals surface area contributed by atoms with Gasteiger partial charge < -0.3 is 14.2 Å². The number of ether oxygens (including phenoxy) is 3. The highest BCUT2D eigenvalue weighted by Crippen LogP contribution is 2.59. The van der Waals surface area contributed by atoms with Gasteiger partial charge in [0.1, 0.15) is 17.6 Å². The second-order valence-electron chi connectivity index (χ2n) is 9.19. The van der Waals surface area contributed by atoms with E-state index in [-0.39, 0.29) is 17.3 Å². The topological polar surface area (TPSA) is 85.6 Å². The molecule has 0 saturated heterocycles. The van der Waals surface area contributed by atoms with Crippen LogP contribution in [0.15, 0.2) is 66.7 Å². The second kappa shape index (κ2) is 9.50. The van der Waals surface area contributed by atoms with Gasteiger partial charge in [-0.15, -0.1) is 0 Å². The van der Waals surface area contributed by atoms with Gasteiger partial charge in [0.2, 0.25) is 6.10 Å². The molecule has 3 atom stereocenters. The third kappa shape index (κ3) is 5.61. The van der Waals surface area contributed by atoms with E-state index in [9.17, 15) is 14.9 Å². The number of carbonyl (C=O) groups excluding carboxylic acids is 2. The van der Waals surface area contributed by atoms with Crippen LogP contribution in [0.2, 0.25) is 0 Å². The lowest BCUT2D eigenvalue weighted by atomic mass is 10.1. The summed E-state index contributed by atoms with van der Waals surface area (Å²) in [6.07, 6.45) is 4.29. The minimum absolute atomic E-state index is 0.148. The molecule has 4 rings (SSSR count). The van der Waals surface area contributed by atoms with E-state index in [4.69, 9.17) is 14.2 Å². The van der Waals surface area contributed by atoms with Crippen LogP contribution in [0.25, 0.3) is 0 Å². The van der Waals surface area contributed by atoms with Gasteiger partial charge >= 0.3 is 11.9 Å². The Morgan fingerprint density at radius 1 is 1.12 bits per heavy atom. The first-order chi connectivity index (χ1) is 15.9. The van der Waals surface area contributed by atoms with Crippen LogP contribution in [0.5, 0.6) is 11.5 Å². The van der Waals surface area contributed by atoms with Crippen molar-refractivity contribution in [2.24, 2.45) is 23.2 Å². The summed E-state index contributed by atoms with van der Waals surface area (Å²) in [7, 11) is 0. The van der Waals surface area contributed by atoms with Gasteiger partial charge in [-0.25, -0.2) is 4.79 Å². The Labute approximate surface area is 193 Å². The van der Waals surface area contributed by atoms with Gasteiger partial charge in [-0.05, 0) is 54.4 Å². The summed E-state index contributed by atoms with van der Waals surface area (Å²) in [4.78, 5) is 24.8. The predicted octanol–water partition coefficient (Wildman–Crippen LogP) is 5.37. The largest absolute Gasteiger partial charge is 0.462 e. The first-order valence-corrected chi connectivity index (χ1v) is 11.2. The molecule has 0 bridgehead atoms. The summed E-state index contributed by atoms with van der Waals surface area (Å²) < 4.78 is 16.6. The molecule has 0 aromatic heterocycles. The van der Waals surface area contributed by atoms with Gasteiger partial charge in [-0.1, -0.05) is 50.3 Å². The Balaban J connectivity index is 1.37. The summed E-state index contributed by atoms with van der Waals surface area (Å²) in [5, 5.41) is 9.65. The molecule has 2 aliphatic carbocycles. The summed E-state index contributed by atoms with van der Waals surface area (Å²) in [5.41, 5.74) is 0.177. The molecule has 0 aliphatic heterocycles. The van der Waals surface area contributed by atoms with Crippen LogP contribution in [0, 0.1) is 34.5 Å². The van der Waals surface area contributed by atoms with E-state index in [0.29, 0.717) is 29.6 Å². The maximum Gasteiger partial charge on any atom is 0.330 e. The van der Waals surface area contributed by atoms with Crippen molar-refractivity contribution in [3.63, 3.8) is 0 Å². The van der Waals surface area contributed by atoms with Crippen molar-refractivity contribution in [3.05, 3.63) is 72.3 Å². The fraction of sp³-hybridized carbons (Fsp3) is 0.370. The number of allylic oxidation sites excluding steroid dienone is 1. The fourth-order valence-corrected chi connectivity index (χ4v) is 3.93. The van der Waals surface area contributed by atoms with Gasteiger partial charge in [-0.2, -0.15) is 5.26 Å². The maximum absolute atomic E-state index is 12.9. The summed E-state index contributed by atoms with van der Waals surface area (Å²) in [5.74, 6) is 0.304. The molecule has 0 radical (unpaired) electrons. The Hall–Kier alpha value is -3.59. The lowest BCUT2D eigenvalue weighted by molar-refractivity contribution is -0.149. The molecule has 0 heterocycles. The average Bonchev–Trinajstić information content (AvgIpc) is 3.72. The Bertz CT molecular complexity index is 1080. The molecular formula is C27H27NO5. The number of carbonyl (C=O) groups is 2. The fourth-order valence-electron chi connectivity index (χ4n) is 3.93. The molecule has 170 valence electrons. The number of para-hydroxylation sites is 1. The van der Waals surface area contributed by atoms with Crippen LogP contribution in [0.3, 0.4) is 0 Å². The van der Waals surface area contributed by atoms with Gasteiger partial charge in [0.05, 0.1) is 12.5 Å². The Morgan fingerprint density at radius 3 is 2.55 bits per heavy atom. The molecule has 2 aliphatic rings. The van der Waals surface area contributed by atoms with Crippen LogP contribution in [0.4, 0.5) is 0 Å². The number of hydrogen-bond donors (Lipinski definition) is 0. The number of rotatable bonds is 9. The molecule has 2 aromatic carbocycles. The first-order valence-electron chi connectivity index (χ1n) is 11.2. The van der Waals surface area contributed by atoms with Gasteiger partial charge in [0.25, 0.3) is 0 Å². The molecule has 6 nitrogen and oxygen atoms in total. The van der Waals surface area contributed by atoms with E-state index in [1.807, 2.05) is 44.2 Å². The molecule has 2 aromatic rings. The van der Waals surface area contributed by atoms with Gasteiger partial charge in [0, 0.05) is 11.6 Å². The minimum atomic E-state index is -1.05. The predicted molar refractivity (Wildman–Crippen MR) is 121 cm³/mol. The van der Waals surface area contributed by atoms with Crippen LogP contribution >= 0.6 is 0 Å². The minimum Gasteiger partial charge on any atom is -0.462 e. The lowest BCUT2D eigenvalue weighted by Gasteiger charge is -2.13. The third-order valence-corrected chi connectivity index (χ3v) is 6.25. The number of hydrogen-bond acceptors (Lipinski definition) is 6. The summed E-state index contributed by atoms with van der Waals surface area (Å²) in [6, 6.07) is 18.3. The van der Waals surface area contributed by atoms with E-state index in [0.717, 1.165) is 12.8 Å². The zero-order chi connectivity index (χ0) is 23.4. The number of nitriles is 1. The molecule has 2 fully saturated rings. The van der Waals surface area contributed by atoms with E-state index >= 15 is 0 Å². The van der Waals surface area contributed by atoms with E-state index in [2.05, 4.69) is 6.07 Å². The average molecular weight is 446 g/mol. The third-order valence-electron chi connectivity index (χ3n) is 6.25. The number of esters is 2. The van der Waals surface area contributed by atoms with E-state index in [1.54, 1.807) is 30.3 Å². The van der Waals surface area contributed by atoms with Gasteiger partial charge in [-0.3, -0.25) is 4.79 Å². The smallest absolute Gasteiger partial charge is 0.330 e.